The van der Waals surface area contributed by atoms with Crippen LogP contribution in [0.5, 0.6) is 0 Å². The quantitative estimate of drug-likeness (QED) is 0.0727. The van der Waals surface area contributed by atoms with Crippen molar-refractivity contribution < 1.29 is 24.0 Å². The third-order valence-corrected chi connectivity index (χ3v) is 6.17. The lowest BCUT2D eigenvalue weighted by molar-refractivity contribution is -0.145. The van der Waals surface area contributed by atoms with E-state index in [4.69, 9.17) is 45.9 Å². The number of carbonyl (C=O) groups is 5. The molecule has 252 valence electrons. The first-order valence-corrected chi connectivity index (χ1v) is 13.7. The van der Waals surface area contributed by atoms with Crippen LogP contribution in [0.2, 0.25) is 0 Å². The summed E-state index contributed by atoms with van der Waals surface area (Å²) in [7, 11) is 1.36. The van der Waals surface area contributed by atoms with E-state index in [2.05, 4.69) is 20.0 Å². The minimum absolute atomic E-state index is 0.0441. The van der Waals surface area contributed by atoms with Gasteiger partial charge in [0.05, 0.1) is 58.9 Å². The third-order valence-electron chi connectivity index (χ3n) is 6.17. The van der Waals surface area contributed by atoms with Gasteiger partial charge in [-0.3, -0.25) is 43.9 Å². The van der Waals surface area contributed by atoms with Crippen LogP contribution < -0.4 is 45.9 Å². The van der Waals surface area contributed by atoms with E-state index in [0.717, 1.165) is 24.5 Å². The summed E-state index contributed by atoms with van der Waals surface area (Å²) in [5.41, 5.74) is 43.3. The van der Waals surface area contributed by atoms with Crippen molar-refractivity contribution >= 4 is 53.4 Å². The second-order valence-corrected chi connectivity index (χ2v) is 9.74. The van der Waals surface area contributed by atoms with Gasteiger partial charge >= 0.3 is 0 Å². The summed E-state index contributed by atoms with van der Waals surface area (Å²) in [6.07, 6.45) is 0. The van der Waals surface area contributed by atoms with Gasteiger partial charge < -0.3 is 70.4 Å². The molecular weight excluding hydrogens is 594 g/mol. The maximum absolute atomic E-state index is 13.6. The SMILES string of the molecule is CN1CC(=O)N(CCN=C(N)N)CC(=O)N(CCN=C(N)N)CC(=O)N(CCN=C(N)N)CC(=O)N(CCN=C(N)N)CC1=O. The first kappa shape index (κ1) is 37.5. The van der Waals surface area contributed by atoms with Gasteiger partial charge in [0.25, 0.3) is 0 Å². The highest BCUT2D eigenvalue weighted by molar-refractivity contribution is 5.93. The molecule has 1 fully saturated rings. The number of aliphatic imine (C=N–C) groups is 4. The predicted molar refractivity (Wildman–Crippen MR) is 167 cm³/mol. The number of hydrogen-bond donors (Lipinski definition) is 8. The van der Waals surface area contributed by atoms with E-state index in [1.807, 2.05) is 0 Å². The maximum atomic E-state index is 13.6. The summed E-state index contributed by atoms with van der Waals surface area (Å²) in [4.78, 5) is 88.0. The van der Waals surface area contributed by atoms with Crippen LogP contribution in [0.4, 0.5) is 0 Å². The van der Waals surface area contributed by atoms with E-state index in [0.29, 0.717) is 0 Å². The molecule has 22 heteroatoms. The summed E-state index contributed by atoms with van der Waals surface area (Å²) in [5, 5.41) is 0. The molecule has 22 nitrogen and oxygen atoms in total. The van der Waals surface area contributed by atoms with E-state index in [1.54, 1.807) is 0 Å². The van der Waals surface area contributed by atoms with E-state index in [-0.39, 0.29) is 76.2 Å². The number of hydrogen-bond acceptors (Lipinski definition) is 9. The number of nitrogens with zero attached hydrogens (tertiary/aromatic N) is 9. The zero-order valence-electron chi connectivity index (χ0n) is 25.4. The fourth-order valence-electron chi connectivity index (χ4n) is 3.83. The number of likely N-dealkylation sites (N-methyl/N-ethyl adjacent to an activating group) is 1. The first-order valence-electron chi connectivity index (χ1n) is 13.7. The van der Waals surface area contributed by atoms with Crippen molar-refractivity contribution in [3.05, 3.63) is 0 Å². The number of guanidine groups is 4. The van der Waals surface area contributed by atoms with Crippen molar-refractivity contribution in [2.75, 3.05) is 92.1 Å². The minimum atomic E-state index is -0.659. The number of carbonyl (C=O) groups excluding carboxylic acids is 5. The van der Waals surface area contributed by atoms with E-state index >= 15 is 0 Å². The van der Waals surface area contributed by atoms with E-state index < -0.39 is 62.3 Å². The molecule has 0 aromatic heterocycles. The maximum Gasteiger partial charge on any atom is 0.242 e. The lowest BCUT2D eigenvalue weighted by atomic mass is 10.3. The molecule has 16 N–H and O–H groups in total. The lowest BCUT2D eigenvalue weighted by Gasteiger charge is -2.30. The summed E-state index contributed by atoms with van der Waals surface area (Å²) in [5.74, 6) is -4.10. The van der Waals surface area contributed by atoms with Gasteiger partial charge in [0.1, 0.15) is 0 Å². The number of amides is 5. The predicted octanol–water partition coefficient (Wildman–Crippen LogP) is -8.13. The topological polar surface area (TPSA) is 359 Å². The second-order valence-electron chi connectivity index (χ2n) is 9.74. The van der Waals surface area contributed by atoms with Crippen LogP contribution in [-0.2, 0) is 24.0 Å². The van der Waals surface area contributed by atoms with E-state index in [9.17, 15) is 24.0 Å². The fourth-order valence-corrected chi connectivity index (χ4v) is 3.83. The Kier molecular flexibility index (Phi) is 15.7. The van der Waals surface area contributed by atoms with Gasteiger partial charge in [-0.05, 0) is 0 Å². The third kappa shape index (κ3) is 14.9. The van der Waals surface area contributed by atoms with Crippen LogP contribution in [0.1, 0.15) is 0 Å². The van der Waals surface area contributed by atoms with Crippen LogP contribution in [-0.4, -0.2) is 170 Å². The molecule has 1 saturated heterocycles. The Morgan fingerprint density at radius 3 is 0.911 bits per heavy atom. The Bertz CT molecular complexity index is 1130. The van der Waals surface area contributed by atoms with Crippen LogP contribution in [0.25, 0.3) is 0 Å². The highest BCUT2D eigenvalue weighted by atomic mass is 16.2. The molecule has 0 spiro atoms. The smallest absolute Gasteiger partial charge is 0.242 e. The summed E-state index contributed by atoms with van der Waals surface area (Å²) < 4.78 is 0. The van der Waals surface area contributed by atoms with Gasteiger partial charge in [0, 0.05) is 33.2 Å². The zero-order chi connectivity index (χ0) is 34.1. The van der Waals surface area contributed by atoms with Gasteiger partial charge in [-0.15, -0.1) is 0 Å². The largest absolute Gasteiger partial charge is 0.370 e. The van der Waals surface area contributed by atoms with Crippen LogP contribution in [0.15, 0.2) is 20.0 Å². The van der Waals surface area contributed by atoms with Gasteiger partial charge in [0.15, 0.2) is 23.8 Å². The highest BCUT2D eigenvalue weighted by Gasteiger charge is 2.29. The fraction of sp³-hybridized carbons (Fsp3) is 0.609. The van der Waals surface area contributed by atoms with Crippen LogP contribution in [0, 0.1) is 0 Å². The lowest BCUT2D eigenvalue weighted by Crippen LogP contribution is -2.51. The monoisotopic (exact) mass is 639 g/mol. The molecule has 45 heavy (non-hydrogen) atoms. The normalized spacial score (nSPS) is 15.8. The van der Waals surface area contributed by atoms with Crippen molar-refractivity contribution in [3.8, 4) is 0 Å². The Labute approximate surface area is 260 Å². The Morgan fingerprint density at radius 1 is 0.444 bits per heavy atom. The van der Waals surface area contributed by atoms with Gasteiger partial charge in [-0.25, -0.2) is 0 Å². The molecule has 1 rings (SSSR count). The standard InChI is InChI=1S/C23H45N17O5/c1-36-10-16(42)38(7-3-33-21(26)27)12-18(44)40(9-5-35-23(30)31)14-19(45)39(8-4-34-22(28)29)13-17(43)37(11-15(36)41)6-2-32-20(24)25/h2-14H2,1H3,(H4,24,25,32)(H4,26,27,33)(H4,28,29,34)(H4,30,31,35). The molecule has 0 bridgehead atoms. The number of nitrogens with two attached hydrogens (primary N) is 8. The van der Waals surface area contributed by atoms with Gasteiger partial charge in [-0.1, -0.05) is 0 Å². The van der Waals surface area contributed by atoms with Crippen LogP contribution in [0.3, 0.4) is 0 Å². The van der Waals surface area contributed by atoms with Crippen molar-refractivity contribution in [2.24, 2.45) is 65.8 Å². The Hall–Kier alpha value is -5.57. The molecule has 5 amide bonds. The van der Waals surface area contributed by atoms with Crippen molar-refractivity contribution in [1.29, 1.82) is 0 Å². The summed E-state index contributed by atoms with van der Waals surface area (Å²) in [6, 6.07) is 0. The molecule has 0 unspecified atom stereocenters. The Morgan fingerprint density at radius 2 is 0.667 bits per heavy atom. The Balaban J connectivity index is 3.57. The van der Waals surface area contributed by atoms with Gasteiger partial charge in [0.2, 0.25) is 29.5 Å². The second kappa shape index (κ2) is 18.9. The molecule has 1 aliphatic heterocycles. The molecule has 0 aliphatic carbocycles. The highest BCUT2D eigenvalue weighted by Crippen LogP contribution is 2.05. The minimum Gasteiger partial charge on any atom is -0.370 e. The molecule has 0 saturated carbocycles. The summed E-state index contributed by atoms with van der Waals surface area (Å²) >= 11 is 0. The molecule has 0 atom stereocenters. The van der Waals surface area contributed by atoms with Crippen molar-refractivity contribution in [1.82, 2.24) is 24.5 Å². The molecule has 0 radical (unpaired) electrons. The average molecular weight is 640 g/mol. The zero-order valence-corrected chi connectivity index (χ0v) is 25.4. The van der Waals surface area contributed by atoms with Gasteiger partial charge in [-0.2, -0.15) is 0 Å². The molecule has 0 aromatic carbocycles. The van der Waals surface area contributed by atoms with Crippen LogP contribution >= 0.6 is 0 Å². The molecule has 1 heterocycles. The molecule has 1 aliphatic rings. The molecular formula is C23H45N17O5. The average Bonchev–Trinajstić information content (AvgIpc) is 2.93. The van der Waals surface area contributed by atoms with Crippen molar-refractivity contribution in [2.45, 2.75) is 0 Å². The van der Waals surface area contributed by atoms with Crippen molar-refractivity contribution in [3.63, 3.8) is 0 Å². The summed E-state index contributed by atoms with van der Waals surface area (Å²) in [6.45, 7) is -3.04. The van der Waals surface area contributed by atoms with E-state index in [1.165, 1.54) is 7.05 Å². The first-order chi connectivity index (χ1) is 21.1. The molecule has 0 aromatic rings. The number of rotatable bonds is 12.